The molecule has 0 radical (unpaired) electrons. The predicted molar refractivity (Wildman–Crippen MR) is 83.4 cm³/mol. The van der Waals surface area contributed by atoms with Gasteiger partial charge in [0.05, 0.1) is 10.7 Å². The maximum absolute atomic E-state index is 6.20. The molecule has 1 aliphatic heterocycles. The van der Waals surface area contributed by atoms with E-state index in [1.165, 1.54) is 12.8 Å². The number of nitrogens with zero attached hydrogens (tertiary/aromatic N) is 2. The van der Waals surface area contributed by atoms with Crippen molar-refractivity contribution in [3.8, 4) is 0 Å². The molecule has 0 aliphatic carbocycles. The van der Waals surface area contributed by atoms with Crippen molar-refractivity contribution in [2.45, 2.75) is 26.3 Å². The summed E-state index contributed by atoms with van der Waals surface area (Å²) in [5.41, 5.74) is 0.935. The molecule has 1 saturated heterocycles. The number of hydrogen-bond donors (Lipinski definition) is 1. The largest absolute Gasteiger partial charge is 0.384 e. The van der Waals surface area contributed by atoms with Crippen molar-refractivity contribution in [2.75, 3.05) is 38.3 Å². The normalized spacial score (nSPS) is 16.6. The lowest BCUT2D eigenvalue weighted by atomic mass is 9.98. The lowest BCUT2D eigenvalue weighted by molar-refractivity contribution is 0.139. The summed E-state index contributed by atoms with van der Waals surface area (Å²) < 4.78 is 5.24. The van der Waals surface area contributed by atoms with Crippen LogP contribution in [0.15, 0.2) is 12.1 Å². The van der Waals surface area contributed by atoms with Crippen LogP contribution in [0, 0.1) is 5.92 Å². The fraction of sp³-hybridized carbons (Fsp3) is 0.667. The standard InChI is InChI=1S/C15H24ClN3O/c1-3-17-10-14-13(16)4-5-15(18-14)19-8-6-12(7-9-19)11-20-2/h4-5,12,17H,3,6-11H2,1-2H3. The molecule has 0 amide bonds. The SMILES string of the molecule is CCNCc1nc(N2CCC(COC)CC2)ccc1Cl. The summed E-state index contributed by atoms with van der Waals surface area (Å²) in [7, 11) is 1.78. The molecule has 2 heterocycles. The molecule has 0 aromatic carbocycles. The van der Waals surface area contributed by atoms with E-state index < -0.39 is 0 Å². The Morgan fingerprint density at radius 1 is 1.40 bits per heavy atom. The number of pyridine rings is 1. The smallest absolute Gasteiger partial charge is 0.128 e. The van der Waals surface area contributed by atoms with Crippen LogP contribution in [-0.2, 0) is 11.3 Å². The zero-order chi connectivity index (χ0) is 14.4. The Bertz CT molecular complexity index is 420. The summed E-state index contributed by atoms with van der Waals surface area (Å²) in [6, 6.07) is 3.98. The van der Waals surface area contributed by atoms with E-state index in [9.17, 15) is 0 Å². The first-order valence-electron chi connectivity index (χ1n) is 7.34. The lowest BCUT2D eigenvalue weighted by Gasteiger charge is -2.32. The van der Waals surface area contributed by atoms with Crippen molar-refractivity contribution in [1.29, 1.82) is 0 Å². The zero-order valence-electron chi connectivity index (χ0n) is 12.4. The summed E-state index contributed by atoms with van der Waals surface area (Å²) >= 11 is 6.20. The number of nitrogens with one attached hydrogen (secondary N) is 1. The Hall–Kier alpha value is -0.840. The summed E-state index contributed by atoms with van der Waals surface area (Å²) in [4.78, 5) is 7.05. The van der Waals surface area contributed by atoms with Crippen molar-refractivity contribution in [1.82, 2.24) is 10.3 Å². The first-order chi connectivity index (χ1) is 9.74. The Morgan fingerprint density at radius 3 is 2.80 bits per heavy atom. The average Bonchev–Trinajstić information content (AvgIpc) is 2.48. The molecule has 1 aromatic rings. The topological polar surface area (TPSA) is 37.4 Å². The first-order valence-corrected chi connectivity index (χ1v) is 7.72. The van der Waals surface area contributed by atoms with Crippen molar-refractivity contribution >= 4 is 17.4 Å². The molecule has 1 aromatic heterocycles. The lowest BCUT2D eigenvalue weighted by Crippen LogP contribution is -2.35. The van der Waals surface area contributed by atoms with E-state index in [0.717, 1.165) is 49.3 Å². The third-order valence-electron chi connectivity index (χ3n) is 3.79. The van der Waals surface area contributed by atoms with Crippen LogP contribution < -0.4 is 10.2 Å². The number of methoxy groups -OCH3 is 1. The molecule has 0 spiro atoms. The molecule has 112 valence electrons. The Morgan fingerprint density at radius 2 is 2.15 bits per heavy atom. The van der Waals surface area contributed by atoms with Gasteiger partial charge in [-0.25, -0.2) is 4.98 Å². The highest BCUT2D eigenvalue weighted by Crippen LogP contribution is 2.24. The third kappa shape index (κ3) is 4.08. The molecule has 5 heteroatoms. The van der Waals surface area contributed by atoms with Gasteiger partial charge in [0.2, 0.25) is 0 Å². The molecule has 4 nitrogen and oxygen atoms in total. The van der Waals surface area contributed by atoms with Gasteiger partial charge < -0.3 is 15.0 Å². The van der Waals surface area contributed by atoms with E-state index in [2.05, 4.69) is 17.1 Å². The summed E-state index contributed by atoms with van der Waals surface area (Å²) in [5.74, 6) is 1.72. The minimum absolute atomic E-state index is 0.685. The highest BCUT2D eigenvalue weighted by atomic mass is 35.5. The highest BCUT2D eigenvalue weighted by molar-refractivity contribution is 6.31. The monoisotopic (exact) mass is 297 g/mol. The van der Waals surface area contributed by atoms with Crippen LogP contribution in [0.3, 0.4) is 0 Å². The molecule has 20 heavy (non-hydrogen) atoms. The zero-order valence-corrected chi connectivity index (χ0v) is 13.1. The van der Waals surface area contributed by atoms with Gasteiger partial charge in [-0.2, -0.15) is 0 Å². The number of rotatable bonds is 6. The molecule has 1 aliphatic rings. The van der Waals surface area contributed by atoms with Crippen LogP contribution in [0.2, 0.25) is 5.02 Å². The Balaban J connectivity index is 1.99. The minimum atomic E-state index is 0.685. The quantitative estimate of drug-likeness (QED) is 0.876. The molecule has 0 unspecified atom stereocenters. The van der Waals surface area contributed by atoms with Gasteiger partial charge in [0.15, 0.2) is 0 Å². The second-order valence-electron chi connectivity index (χ2n) is 5.26. The molecule has 0 atom stereocenters. The number of ether oxygens (including phenoxy) is 1. The van der Waals surface area contributed by atoms with Gasteiger partial charge in [-0.1, -0.05) is 18.5 Å². The van der Waals surface area contributed by atoms with Crippen LogP contribution in [0.5, 0.6) is 0 Å². The predicted octanol–water partition coefficient (Wildman–Crippen LogP) is 2.71. The van der Waals surface area contributed by atoms with Gasteiger partial charge >= 0.3 is 0 Å². The molecular weight excluding hydrogens is 274 g/mol. The van der Waals surface area contributed by atoms with Gasteiger partial charge in [-0.05, 0) is 37.4 Å². The van der Waals surface area contributed by atoms with Crippen LogP contribution in [0.1, 0.15) is 25.5 Å². The minimum Gasteiger partial charge on any atom is -0.384 e. The fourth-order valence-corrected chi connectivity index (χ4v) is 2.75. The molecule has 1 N–H and O–H groups in total. The van der Waals surface area contributed by atoms with Gasteiger partial charge in [0.25, 0.3) is 0 Å². The Kier molecular flexibility index (Phi) is 6.07. The third-order valence-corrected chi connectivity index (χ3v) is 4.13. The maximum Gasteiger partial charge on any atom is 0.128 e. The van der Waals surface area contributed by atoms with E-state index in [1.807, 2.05) is 12.1 Å². The van der Waals surface area contributed by atoms with E-state index in [4.69, 9.17) is 21.3 Å². The number of anilines is 1. The average molecular weight is 298 g/mol. The van der Waals surface area contributed by atoms with E-state index in [-0.39, 0.29) is 0 Å². The summed E-state index contributed by atoms with van der Waals surface area (Å²) in [5, 5.41) is 4.02. The number of hydrogen-bond acceptors (Lipinski definition) is 4. The molecule has 0 saturated carbocycles. The number of piperidine rings is 1. The van der Waals surface area contributed by atoms with Gasteiger partial charge in [-0.15, -0.1) is 0 Å². The van der Waals surface area contributed by atoms with Gasteiger partial charge in [-0.3, -0.25) is 0 Å². The highest BCUT2D eigenvalue weighted by Gasteiger charge is 2.20. The second-order valence-corrected chi connectivity index (χ2v) is 5.67. The second kappa shape index (κ2) is 7.81. The molecular formula is C15H24ClN3O. The number of halogens is 1. The van der Waals surface area contributed by atoms with Gasteiger partial charge in [0.1, 0.15) is 5.82 Å². The van der Waals surface area contributed by atoms with E-state index >= 15 is 0 Å². The first kappa shape index (κ1) is 15.5. The summed E-state index contributed by atoms with van der Waals surface area (Å²) in [6.07, 6.45) is 2.33. The van der Waals surface area contributed by atoms with Crippen LogP contribution >= 0.6 is 11.6 Å². The van der Waals surface area contributed by atoms with Crippen molar-refractivity contribution in [3.05, 3.63) is 22.8 Å². The van der Waals surface area contributed by atoms with Crippen molar-refractivity contribution in [3.63, 3.8) is 0 Å². The summed E-state index contributed by atoms with van der Waals surface area (Å²) in [6.45, 7) is 6.69. The van der Waals surface area contributed by atoms with E-state index in [0.29, 0.717) is 5.92 Å². The molecule has 1 fully saturated rings. The Labute approximate surface area is 126 Å². The van der Waals surface area contributed by atoms with Gasteiger partial charge in [0, 0.05) is 33.4 Å². The molecule has 2 rings (SSSR count). The van der Waals surface area contributed by atoms with Crippen molar-refractivity contribution in [2.24, 2.45) is 5.92 Å². The maximum atomic E-state index is 6.20. The molecule has 0 bridgehead atoms. The van der Waals surface area contributed by atoms with Crippen LogP contribution in [-0.4, -0.2) is 38.3 Å². The number of aromatic nitrogens is 1. The van der Waals surface area contributed by atoms with Crippen molar-refractivity contribution < 1.29 is 4.74 Å². The fourth-order valence-electron chi connectivity index (χ4n) is 2.58. The van der Waals surface area contributed by atoms with E-state index in [1.54, 1.807) is 7.11 Å². The van der Waals surface area contributed by atoms with Crippen LogP contribution in [0.25, 0.3) is 0 Å². The van der Waals surface area contributed by atoms with Crippen LogP contribution in [0.4, 0.5) is 5.82 Å².